The Kier molecular flexibility index (Phi) is 2.24. The maximum atomic E-state index is 10.6. The predicted molar refractivity (Wildman–Crippen MR) is 52.3 cm³/mol. The molecule has 0 spiro atoms. The quantitative estimate of drug-likeness (QED) is 0.815. The number of hydrogen-bond donors (Lipinski definition) is 1. The second-order valence-electron chi connectivity index (χ2n) is 2.58. The zero-order valence-electron chi connectivity index (χ0n) is 7.04. The summed E-state index contributed by atoms with van der Waals surface area (Å²) >= 11 is 1.12. The SMILES string of the molecule is O=C(O)c1nc(-c2ccncc2)cs1. The van der Waals surface area contributed by atoms with Crippen LogP contribution in [0.3, 0.4) is 0 Å². The molecule has 2 aromatic rings. The molecule has 0 unspecified atom stereocenters. The molecule has 0 saturated heterocycles. The van der Waals surface area contributed by atoms with Gasteiger partial charge in [-0.2, -0.15) is 0 Å². The number of aromatic carboxylic acids is 1. The van der Waals surface area contributed by atoms with E-state index in [2.05, 4.69) is 9.97 Å². The molecule has 2 heterocycles. The monoisotopic (exact) mass is 206 g/mol. The number of rotatable bonds is 2. The summed E-state index contributed by atoms with van der Waals surface area (Å²) in [7, 11) is 0. The number of pyridine rings is 1. The molecule has 0 aliphatic carbocycles. The number of carboxylic acid groups (broad SMARTS) is 1. The van der Waals surface area contributed by atoms with E-state index in [4.69, 9.17) is 5.11 Å². The Balaban J connectivity index is 2.39. The van der Waals surface area contributed by atoms with Gasteiger partial charge in [-0.3, -0.25) is 4.98 Å². The Labute approximate surface area is 83.9 Å². The summed E-state index contributed by atoms with van der Waals surface area (Å²) in [4.78, 5) is 18.4. The van der Waals surface area contributed by atoms with E-state index in [1.165, 1.54) is 0 Å². The highest BCUT2D eigenvalue weighted by atomic mass is 32.1. The summed E-state index contributed by atoms with van der Waals surface area (Å²) in [5.74, 6) is -0.990. The smallest absolute Gasteiger partial charge is 0.365 e. The number of carboxylic acids is 1. The van der Waals surface area contributed by atoms with Gasteiger partial charge in [0.25, 0.3) is 0 Å². The Hall–Kier alpha value is -1.75. The molecule has 0 aliphatic rings. The van der Waals surface area contributed by atoms with Crippen LogP contribution in [-0.4, -0.2) is 21.0 Å². The first-order valence-electron chi connectivity index (χ1n) is 3.86. The first-order valence-corrected chi connectivity index (χ1v) is 4.74. The van der Waals surface area contributed by atoms with Crippen LogP contribution >= 0.6 is 11.3 Å². The van der Waals surface area contributed by atoms with Crippen LogP contribution in [0.25, 0.3) is 11.3 Å². The summed E-state index contributed by atoms with van der Waals surface area (Å²) < 4.78 is 0. The van der Waals surface area contributed by atoms with Gasteiger partial charge in [-0.25, -0.2) is 9.78 Å². The van der Waals surface area contributed by atoms with Crippen molar-refractivity contribution in [2.75, 3.05) is 0 Å². The van der Waals surface area contributed by atoms with Gasteiger partial charge in [0.2, 0.25) is 5.01 Å². The normalized spacial score (nSPS) is 10.0. The van der Waals surface area contributed by atoms with Crippen molar-refractivity contribution in [2.24, 2.45) is 0 Å². The standard InChI is InChI=1S/C9H6N2O2S/c12-9(13)8-11-7(5-14-8)6-1-3-10-4-2-6/h1-5H,(H,12,13). The van der Waals surface area contributed by atoms with Gasteiger partial charge in [-0.1, -0.05) is 0 Å². The highest BCUT2D eigenvalue weighted by Gasteiger charge is 2.09. The van der Waals surface area contributed by atoms with Crippen molar-refractivity contribution in [3.05, 3.63) is 34.9 Å². The molecule has 0 fully saturated rings. The number of carbonyl (C=O) groups is 1. The van der Waals surface area contributed by atoms with Gasteiger partial charge >= 0.3 is 5.97 Å². The summed E-state index contributed by atoms with van der Waals surface area (Å²) in [5.41, 5.74) is 1.55. The second-order valence-corrected chi connectivity index (χ2v) is 3.44. The molecule has 4 nitrogen and oxygen atoms in total. The van der Waals surface area contributed by atoms with Crippen LogP contribution in [0.5, 0.6) is 0 Å². The lowest BCUT2D eigenvalue weighted by Gasteiger charge is -1.92. The van der Waals surface area contributed by atoms with Crippen molar-refractivity contribution >= 4 is 17.3 Å². The third-order valence-electron chi connectivity index (χ3n) is 1.66. The first kappa shape index (κ1) is 8.83. The van der Waals surface area contributed by atoms with E-state index in [1.54, 1.807) is 29.9 Å². The maximum absolute atomic E-state index is 10.6. The third kappa shape index (κ3) is 1.62. The summed E-state index contributed by atoms with van der Waals surface area (Å²) in [6.45, 7) is 0. The lowest BCUT2D eigenvalue weighted by Crippen LogP contribution is -1.94. The van der Waals surface area contributed by atoms with Crippen molar-refractivity contribution in [3.63, 3.8) is 0 Å². The van der Waals surface area contributed by atoms with Crippen molar-refractivity contribution < 1.29 is 9.90 Å². The predicted octanol–water partition coefficient (Wildman–Crippen LogP) is 1.90. The number of thiazole rings is 1. The van der Waals surface area contributed by atoms with E-state index in [0.717, 1.165) is 16.9 Å². The van der Waals surface area contributed by atoms with Crippen LogP contribution < -0.4 is 0 Å². The lowest BCUT2D eigenvalue weighted by atomic mass is 10.2. The van der Waals surface area contributed by atoms with E-state index < -0.39 is 5.97 Å². The van der Waals surface area contributed by atoms with Gasteiger partial charge in [0.1, 0.15) is 0 Å². The molecule has 2 aromatic heterocycles. The Bertz CT molecular complexity index is 453. The van der Waals surface area contributed by atoms with Gasteiger partial charge in [0.15, 0.2) is 0 Å². The van der Waals surface area contributed by atoms with Crippen LogP contribution in [0.15, 0.2) is 29.9 Å². The number of hydrogen-bond acceptors (Lipinski definition) is 4. The van der Waals surface area contributed by atoms with Crippen molar-refractivity contribution in [1.82, 2.24) is 9.97 Å². The fourth-order valence-corrected chi connectivity index (χ4v) is 1.69. The van der Waals surface area contributed by atoms with Gasteiger partial charge in [0, 0.05) is 23.3 Å². The van der Waals surface area contributed by atoms with Crippen molar-refractivity contribution in [2.45, 2.75) is 0 Å². The molecule has 0 amide bonds. The molecule has 1 N–H and O–H groups in total. The Morgan fingerprint density at radius 3 is 2.64 bits per heavy atom. The molecule has 0 saturated carbocycles. The maximum Gasteiger partial charge on any atom is 0.365 e. The number of nitrogens with zero attached hydrogens (tertiary/aromatic N) is 2. The molecule has 0 atom stereocenters. The first-order chi connectivity index (χ1) is 6.77. The fraction of sp³-hybridized carbons (Fsp3) is 0. The molecule has 0 aliphatic heterocycles. The minimum Gasteiger partial charge on any atom is -0.476 e. The largest absolute Gasteiger partial charge is 0.476 e. The summed E-state index contributed by atoms with van der Waals surface area (Å²) in [6, 6.07) is 3.58. The average Bonchev–Trinajstić information content (AvgIpc) is 2.68. The molecule has 14 heavy (non-hydrogen) atoms. The molecule has 2 rings (SSSR count). The lowest BCUT2D eigenvalue weighted by molar-refractivity contribution is 0.0696. The molecule has 0 radical (unpaired) electrons. The van der Waals surface area contributed by atoms with Crippen LogP contribution in [0.1, 0.15) is 9.80 Å². The minimum atomic E-state index is -0.990. The van der Waals surface area contributed by atoms with E-state index in [0.29, 0.717) is 5.69 Å². The highest BCUT2D eigenvalue weighted by Crippen LogP contribution is 2.20. The van der Waals surface area contributed by atoms with Crippen LogP contribution in [-0.2, 0) is 0 Å². The topological polar surface area (TPSA) is 63.1 Å². The molecular formula is C9H6N2O2S. The van der Waals surface area contributed by atoms with E-state index in [-0.39, 0.29) is 5.01 Å². The summed E-state index contributed by atoms with van der Waals surface area (Å²) in [6.07, 6.45) is 3.30. The van der Waals surface area contributed by atoms with Crippen LogP contribution in [0, 0.1) is 0 Å². The Morgan fingerprint density at radius 2 is 2.07 bits per heavy atom. The van der Waals surface area contributed by atoms with Crippen molar-refractivity contribution in [3.8, 4) is 11.3 Å². The zero-order chi connectivity index (χ0) is 9.97. The van der Waals surface area contributed by atoms with Gasteiger partial charge in [0.05, 0.1) is 5.69 Å². The zero-order valence-corrected chi connectivity index (χ0v) is 7.86. The molecule has 0 bridgehead atoms. The van der Waals surface area contributed by atoms with E-state index >= 15 is 0 Å². The van der Waals surface area contributed by atoms with Gasteiger partial charge in [-0.05, 0) is 12.1 Å². The molecule has 5 heteroatoms. The third-order valence-corrected chi connectivity index (χ3v) is 2.49. The Morgan fingerprint density at radius 1 is 1.36 bits per heavy atom. The van der Waals surface area contributed by atoms with Crippen LogP contribution in [0.2, 0.25) is 0 Å². The minimum absolute atomic E-state index is 0.108. The fourth-order valence-electron chi connectivity index (χ4n) is 1.03. The van der Waals surface area contributed by atoms with Gasteiger partial charge < -0.3 is 5.11 Å². The molecule has 0 aromatic carbocycles. The molecule has 70 valence electrons. The van der Waals surface area contributed by atoms with Gasteiger partial charge in [-0.15, -0.1) is 11.3 Å². The van der Waals surface area contributed by atoms with E-state index in [9.17, 15) is 4.79 Å². The molecular weight excluding hydrogens is 200 g/mol. The second kappa shape index (κ2) is 3.55. The van der Waals surface area contributed by atoms with E-state index in [1.807, 2.05) is 0 Å². The average molecular weight is 206 g/mol. The highest BCUT2D eigenvalue weighted by molar-refractivity contribution is 7.11. The van der Waals surface area contributed by atoms with Crippen molar-refractivity contribution in [1.29, 1.82) is 0 Å². The summed E-state index contributed by atoms with van der Waals surface area (Å²) in [5, 5.41) is 10.5. The van der Waals surface area contributed by atoms with Crippen LogP contribution in [0.4, 0.5) is 0 Å². The number of aromatic nitrogens is 2.